The summed E-state index contributed by atoms with van der Waals surface area (Å²) in [5, 5.41) is 11.7. The van der Waals surface area contributed by atoms with Crippen LogP contribution in [0.5, 0.6) is 0 Å². The summed E-state index contributed by atoms with van der Waals surface area (Å²) in [6.45, 7) is 1.89. The molecule has 26 heavy (non-hydrogen) atoms. The summed E-state index contributed by atoms with van der Waals surface area (Å²) < 4.78 is 0. The number of nitrogens with zero attached hydrogens (tertiary/aromatic N) is 3. The zero-order valence-corrected chi connectivity index (χ0v) is 16.6. The van der Waals surface area contributed by atoms with Crippen molar-refractivity contribution in [2.45, 2.75) is 25.4 Å². The van der Waals surface area contributed by atoms with E-state index in [1.807, 2.05) is 18.2 Å². The molecule has 0 bridgehead atoms. The molecule has 2 amide bonds. The molecule has 3 atom stereocenters. The van der Waals surface area contributed by atoms with E-state index in [4.69, 9.17) is 0 Å². The number of piperidine rings is 1. The number of carboxylic acid groups (broad SMARTS) is 1. The van der Waals surface area contributed by atoms with Gasteiger partial charge in [0.05, 0.1) is 17.7 Å². The Morgan fingerprint density at radius 2 is 1.96 bits per heavy atom. The predicted molar refractivity (Wildman–Crippen MR) is 85.2 cm³/mol. The summed E-state index contributed by atoms with van der Waals surface area (Å²) in [6, 6.07) is 2.77. The van der Waals surface area contributed by atoms with Gasteiger partial charge >= 0.3 is 29.6 Å². The van der Waals surface area contributed by atoms with Gasteiger partial charge in [0.1, 0.15) is 6.04 Å². The van der Waals surface area contributed by atoms with E-state index in [1.165, 1.54) is 11.8 Å². The number of hydrogen-bond acceptors (Lipinski definition) is 5. The van der Waals surface area contributed by atoms with E-state index in [1.54, 1.807) is 23.4 Å². The molecule has 3 aliphatic heterocycles. The molecular weight excluding hydrogens is 345 g/mol. The van der Waals surface area contributed by atoms with Crippen molar-refractivity contribution in [3.8, 4) is 0 Å². The molecule has 2 fully saturated rings. The molecule has 1 unspecified atom stereocenters. The van der Waals surface area contributed by atoms with Gasteiger partial charge in [-0.2, -0.15) is 0 Å². The fraction of sp³-hybridized carbons (Fsp3) is 0.333. The number of aliphatic carboxylic acids is 1. The molecule has 2 saturated heterocycles. The molecule has 3 aliphatic rings. The van der Waals surface area contributed by atoms with E-state index >= 15 is 0 Å². The van der Waals surface area contributed by atoms with Gasteiger partial charge in [-0.25, -0.2) is 0 Å². The monoisotopic (exact) mass is 361 g/mol. The zero-order valence-electron chi connectivity index (χ0n) is 14.6. The Labute approximate surface area is 172 Å². The summed E-state index contributed by atoms with van der Waals surface area (Å²) in [5.41, 5.74) is 1.42. The van der Waals surface area contributed by atoms with Gasteiger partial charge in [-0.1, -0.05) is 12.2 Å². The third-order valence-electron chi connectivity index (χ3n) is 5.21. The molecule has 0 N–H and O–H groups in total. The van der Waals surface area contributed by atoms with Crippen LogP contribution in [0.1, 0.15) is 18.9 Å². The third kappa shape index (κ3) is 2.71. The van der Waals surface area contributed by atoms with Gasteiger partial charge in [0.25, 0.3) is 5.91 Å². The first-order valence-electron chi connectivity index (χ1n) is 8.14. The van der Waals surface area contributed by atoms with Crippen LogP contribution in [0.2, 0.25) is 0 Å². The van der Waals surface area contributed by atoms with Crippen LogP contribution in [-0.2, 0) is 14.4 Å². The minimum Gasteiger partial charge on any atom is -0.543 e. The van der Waals surface area contributed by atoms with Gasteiger partial charge in [-0.15, -0.1) is 0 Å². The van der Waals surface area contributed by atoms with E-state index in [2.05, 4.69) is 4.98 Å². The van der Waals surface area contributed by atoms with Crippen LogP contribution < -0.4 is 34.7 Å². The summed E-state index contributed by atoms with van der Waals surface area (Å²) in [6.07, 6.45) is 7.48. The van der Waals surface area contributed by atoms with Gasteiger partial charge in [-0.3, -0.25) is 14.6 Å². The number of carbonyl (C=O) groups is 3. The van der Waals surface area contributed by atoms with Crippen LogP contribution in [0, 0.1) is 5.92 Å². The Kier molecular flexibility index (Phi) is 5.05. The number of rotatable bonds is 3. The largest absolute Gasteiger partial charge is 1.00 e. The molecule has 0 saturated carbocycles. The first-order chi connectivity index (χ1) is 12.0. The Morgan fingerprint density at radius 1 is 1.27 bits per heavy atom. The van der Waals surface area contributed by atoms with E-state index in [0.29, 0.717) is 18.5 Å². The summed E-state index contributed by atoms with van der Waals surface area (Å²) >= 11 is 0. The Morgan fingerprint density at radius 3 is 2.58 bits per heavy atom. The van der Waals surface area contributed by atoms with Crippen molar-refractivity contribution in [3.63, 3.8) is 0 Å². The maximum atomic E-state index is 12.5. The smallest absolute Gasteiger partial charge is 0.543 e. The number of β-lactam (4-membered cyclic amide) rings is 1. The quantitative estimate of drug-likeness (QED) is 0.413. The molecule has 0 aromatic carbocycles. The summed E-state index contributed by atoms with van der Waals surface area (Å²) in [7, 11) is 0. The second-order valence-corrected chi connectivity index (χ2v) is 6.46. The maximum Gasteiger partial charge on any atom is 1.00 e. The molecule has 0 spiro atoms. The first kappa shape index (κ1) is 18.8. The molecule has 1 aromatic heterocycles. The molecule has 8 heteroatoms. The minimum absolute atomic E-state index is 0. The van der Waals surface area contributed by atoms with Gasteiger partial charge in [0, 0.05) is 31.8 Å². The van der Waals surface area contributed by atoms with Crippen molar-refractivity contribution in [3.05, 3.63) is 47.4 Å². The fourth-order valence-electron chi connectivity index (χ4n) is 4.15. The van der Waals surface area contributed by atoms with Crippen molar-refractivity contribution in [1.29, 1.82) is 0 Å². The molecule has 1 aromatic rings. The number of aromatic nitrogens is 1. The Balaban J connectivity index is 0.00000196. The number of amides is 2. The number of hydrogen-bond donors (Lipinski definition) is 0. The zero-order chi connectivity index (χ0) is 17.7. The number of likely N-dealkylation sites (tertiary alicyclic amines) is 1. The van der Waals surface area contributed by atoms with E-state index in [-0.39, 0.29) is 59.0 Å². The number of pyridine rings is 1. The standard InChI is InChI=1S/C18H17N3O4.Na/c1-10(22)20-9-6-13-12(3-2-11-4-7-19-8-5-11)15(18(24)25)21-14(13)16(20)17(21)23;/h2-5,7-8,13-14,16H,6,9H2,1H3,(H,24,25);/q;+1/p-1/b3-2+;/t13?,14-,16+;/m1./s1. The summed E-state index contributed by atoms with van der Waals surface area (Å²) in [4.78, 5) is 42.7. The van der Waals surface area contributed by atoms with E-state index in [9.17, 15) is 19.5 Å². The number of allylic oxidation sites excluding steroid dienone is 1. The van der Waals surface area contributed by atoms with Crippen LogP contribution in [-0.4, -0.2) is 51.2 Å². The number of carbonyl (C=O) groups excluding carboxylic acids is 3. The van der Waals surface area contributed by atoms with Crippen LogP contribution in [0.25, 0.3) is 6.08 Å². The third-order valence-corrected chi connectivity index (χ3v) is 5.21. The van der Waals surface area contributed by atoms with Crippen molar-refractivity contribution in [1.82, 2.24) is 14.8 Å². The minimum atomic E-state index is -1.36. The topological polar surface area (TPSA) is 93.6 Å². The SMILES string of the molecule is CC(=O)N1CCC2C(/C=C/c3ccncc3)=C(C(=O)[O-])N3C(=O)[C@@H]1[C@@H]23.[Na+]. The molecule has 0 radical (unpaired) electrons. The van der Waals surface area contributed by atoms with Gasteiger partial charge < -0.3 is 19.7 Å². The molecular formula is C18H16N3NaO4. The maximum absolute atomic E-state index is 12.5. The fourth-order valence-corrected chi connectivity index (χ4v) is 4.15. The normalized spacial score (nSPS) is 26.5. The predicted octanol–water partition coefficient (Wildman–Crippen LogP) is -3.44. The van der Waals surface area contributed by atoms with Crippen LogP contribution in [0.3, 0.4) is 0 Å². The van der Waals surface area contributed by atoms with Gasteiger partial charge in [0.2, 0.25) is 5.91 Å². The van der Waals surface area contributed by atoms with Crippen LogP contribution in [0.4, 0.5) is 0 Å². The van der Waals surface area contributed by atoms with Crippen molar-refractivity contribution in [2.75, 3.05) is 6.54 Å². The summed E-state index contributed by atoms with van der Waals surface area (Å²) in [5.74, 6) is -1.95. The molecule has 0 aliphatic carbocycles. The molecule has 4 heterocycles. The number of carboxylic acids is 1. The van der Waals surface area contributed by atoms with Crippen molar-refractivity contribution >= 4 is 23.9 Å². The molecule has 7 nitrogen and oxygen atoms in total. The van der Waals surface area contributed by atoms with E-state index in [0.717, 1.165) is 5.56 Å². The van der Waals surface area contributed by atoms with Crippen LogP contribution in [0.15, 0.2) is 41.9 Å². The first-order valence-corrected chi connectivity index (χ1v) is 8.14. The Bertz CT molecular complexity index is 836. The average Bonchev–Trinajstić information content (AvgIpc) is 2.92. The Hall–Kier alpha value is -1.96. The second-order valence-electron chi connectivity index (χ2n) is 6.46. The van der Waals surface area contributed by atoms with E-state index < -0.39 is 12.0 Å². The molecule has 4 rings (SSSR count). The van der Waals surface area contributed by atoms with Gasteiger partial charge in [0.15, 0.2) is 0 Å². The van der Waals surface area contributed by atoms with Crippen molar-refractivity contribution in [2.24, 2.45) is 5.92 Å². The molecule has 128 valence electrons. The van der Waals surface area contributed by atoms with Crippen LogP contribution >= 0.6 is 0 Å². The average molecular weight is 361 g/mol. The van der Waals surface area contributed by atoms with Crippen molar-refractivity contribution < 1.29 is 49.0 Å². The second kappa shape index (κ2) is 6.98. The van der Waals surface area contributed by atoms with Gasteiger partial charge in [-0.05, 0) is 29.7 Å².